The minimum absolute atomic E-state index is 0.0129. The molecular formula is C21H22O4. The SMILES string of the molecule is c1ccc2c(c1)OCC(Cc1ccc3c(c1)OC1(CCCCC1)O3)O2. The Morgan fingerprint density at radius 2 is 1.64 bits per heavy atom. The molecule has 2 aromatic rings. The van der Waals surface area contributed by atoms with Crippen LogP contribution < -0.4 is 18.9 Å². The van der Waals surface area contributed by atoms with Crippen LogP contribution in [0.3, 0.4) is 0 Å². The first-order valence-electron chi connectivity index (χ1n) is 9.19. The van der Waals surface area contributed by atoms with Gasteiger partial charge in [0.1, 0.15) is 12.7 Å². The van der Waals surface area contributed by atoms with E-state index >= 15 is 0 Å². The van der Waals surface area contributed by atoms with Gasteiger partial charge < -0.3 is 18.9 Å². The van der Waals surface area contributed by atoms with E-state index in [0.29, 0.717) is 6.61 Å². The van der Waals surface area contributed by atoms with Crippen LogP contribution in [-0.2, 0) is 6.42 Å². The molecule has 0 bridgehead atoms. The lowest BCUT2D eigenvalue weighted by molar-refractivity contribution is -0.105. The number of ether oxygens (including phenoxy) is 4. The van der Waals surface area contributed by atoms with Gasteiger partial charge in [0, 0.05) is 19.3 Å². The van der Waals surface area contributed by atoms with Crippen molar-refractivity contribution in [2.45, 2.75) is 50.4 Å². The topological polar surface area (TPSA) is 36.9 Å². The Morgan fingerprint density at radius 3 is 2.52 bits per heavy atom. The van der Waals surface area contributed by atoms with E-state index in [0.717, 1.165) is 42.3 Å². The summed E-state index contributed by atoms with van der Waals surface area (Å²) in [6, 6.07) is 14.1. The van der Waals surface area contributed by atoms with Crippen molar-refractivity contribution >= 4 is 0 Å². The van der Waals surface area contributed by atoms with Gasteiger partial charge in [0.2, 0.25) is 0 Å². The fraction of sp³-hybridized carbons (Fsp3) is 0.429. The van der Waals surface area contributed by atoms with Gasteiger partial charge in [-0.05, 0) is 42.7 Å². The molecule has 1 spiro atoms. The molecule has 25 heavy (non-hydrogen) atoms. The molecule has 2 aliphatic heterocycles. The van der Waals surface area contributed by atoms with Gasteiger partial charge in [-0.25, -0.2) is 0 Å². The Hall–Kier alpha value is -2.36. The average molecular weight is 338 g/mol. The lowest BCUT2D eigenvalue weighted by Crippen LogP contribution is -2.40. The lowest BCUT2D eigenvalue weighted by atomic mass is 9.94. The van der Waals surface area contributed by atoms with Gasteiger partial charge in [0.15, 0.2) is 23.0 Å². The Morgan fingerprint density at radius 1 is 0.840 bits per heavy atom. The largest absolute Gasteiger partial charge is 0.486 e. The van der Waals surface area contributed by atoms with Gasteiger partial charge in [-0.1, -0.05) is 24.6 Å². The normalized spacial score (nSPS) is 22.8. The number of benzene rings is 2. The quantitative estimate of drug-likeness (QED) is 0.808. The molecule has 4 nitrogen and oxygen atoms in total. The van der Waals surface area contributed by atoms with Gasteiger partial charge in [-0.3, -0.25) is 0 Å². The van der Waals surface area contributed by atoms with E-state index in [4.69, 9.17) is 18.9 Å². The minimum atomic E-state index is -0.414. The Labute approximate surface area is 147 Å². The molecule has 0 N–H and O–H groups in total. The van der Waals surface area contributed by atoms with Crippen molar-refractivity contribution < 1.29 is 18.9 Å². The minimum Gasteiger partial charge on any atom is -0.486 e. The van der Waals surface area contributed by atoms with Crippen molar-refractivity contribution in [1.29, 1.82) is 0 Å². The summed E-state index contributed by atoms with van der Waals surface area (Å²) in [4.78, 5) is 0. The highest BCUT2D eigenvalue weighted by Crippen LogP contribution is 2.46. The van der Waals surface area contributed by atoms with Gasteiger partial charge >= 0.3 is 0 Å². The van der Waals surface area contributed by atoms with Crippen LogP contribution in [-0.4, -0.2) is 18.5 Å². The highest BCUT2D eigenvalue weighted by Gasteiger charge is 2.42. The molecule has 130 valence electrons. The summed E-state index contributed by atoms with van der Waals surface area (Å²) in [5, 5.41) is 0. The third-order valence-electron chi connectivity index (χ3n) is 5.25. The highest BCUT2D eigenvalue weighted by atomic mass is 16.7. The summed E-state index contributed by atoms with van der Waals surface area (Å²) in [7, 11) is 0. The molecule has 1 aliphatic carbocycles. The zero-order valence-corrected chi connectivity index (χ0v) is 14.2. The first-order chi connectivity index (χ1) is 12.3. The Bertz CT molecular complexity index is 779. The first-order valence-corrected chi connectivity index (χ1v) is 9.19. The molecule has 0 amide bonds. The fourth-order valence-corrected chi connectivity index (χ4v) is 3.99. The third kappa shape index (κ3) is 2.80. The van der Waals surface area contributed by atoms with Crippen LogP contribution in [0.5, 0.6) is 23.0 Å². The lowest BCUT2D eigenvalue weighted by Gasteiger charge is -2.31. The molecule has 5 rings (SSSR count). The molecule has 0 radical (unpaired) electrons. The van der Waals surface area contributed by atoms with Crippen molar-refractivity contribution in [3.63, 3.8) is 0 Å². The Balaban J connectivity index is 1.30. The van der Waals surface area contributed by atoms with Gasteiger partial charge in [-0.2, -0.15) is 0 Å². The second-order valence-corrected chi connectivity index (χ2v) is 7.16. The van der Waals surface area contributed by atoms with Crippen molar-refractivity contribution in [1.82, 2.24) is 0 Å². The molecule has 1 saturated carbocycles. The van der Waals surface area contributed by atoms with E-state index in [1.807, 2.05) is 30.3 Å². The van der Waals surface area contributed by atoms with E-state index in [1.165, 1.54) is 24.8 Å². The second-order valence-electron chi connectivity index (χ2n) is 7.16. The maximum absolute atomic E-state index is 6.23. The summed E-state index contributed by atoms with van der Waals surface area (Å²) in [5.74, 6) is 2.97. The maximum atomic E-state index is 6.23. The summed E-state index contributed by atoms with van der Waals surface area (Å²) in [6.07, 6.45) is 6.38. The number of hydrogen-bond donors (Lipinski definition) is 0. The summed E-state index contributed by atoms with van der Waals surface area (Å²) < 4.78 is 24.3. The van der Waals surface area contributed by atoms with Gasteiger partial charge in [0.25, 0.3) is 5.79 Å². The monoisotopic (exact) mass is 338 g/mol. The molecular weight excluding hydrogens is 316 g/mol. The Kier molecular flexibility index (Phi) is 3.51. The third-order valence-corrected chi connectivity index (χ3v) is 5.25. The van der Waals surface area contributed by atoms with Gasteiger partial charge in [0.05, 0.1) is 0 Å². The van der Waals surface area contributed by atoms with E-state index < -0.39 is 5.79 Å². The molecule has 0 saturated heterocycles. The van der Waals surface area contributed by atoms with E-state index in [9.17, 15) is 0 Å². The number of para-hydroxylation sites is 2. The van der Waals surface area contributed by atoms with Crippen LogP contribution in [0.15, 0.2) is 42.5 Å². The predicted molar refractivity (Wildman–Crippen MR) is 93.6 cm³/mol. The van der Waals surface area contributed by atoms with Crippen LogP contribution >= 0.6 is 0 Å². The number of rotatable bonds is 2. The van der Waals surface area contributed by atoms with Crippen LogP contribution in [0.25, 0.3) is 0 Å². The van der Waals surface area contributed by atoms with E-state index in [-0.39, 0.29) is 6.10 Å². The molecule has 0 aromatic heterocycles. The number of hydrogen-bond acceptors (Lipinski definition) is 4. The van der Waals surface area contributed by atoms with Crippen molar-refractivity contribution in [3.05, 3.63) is 48.0 Å². The van der Waals surface area contributed by atoms with Crippen LogP contribution in [0.1, 0.15) is 37.7 Å². The zero-order valence-electron chi connectivity index (χ0n) is 14.2. The maximum Gasteiger partial charge on any atom is 0.251 e. The van der Waals surface area contributed by atoms with Crippen LogP contribution in [0.2, 0.25) is 0 Å². The second kappa shape index (κ2) is 5.87. The van der Waals surface area contributed by atoms with Crippen molar-refractivity contribution in [2.75, 3.05) is 6.61 Å². The number of fused-ring (bicyclic) bond motifs is 2. The predicted octanol–water partition coefficient (Wildman–Crippen LogP) is 4.50. The highest BCUT2D eigenvalue weighted by molar-refractivity contribution is 5.46. The first kappa shape index (κ1) is 14.9. The molecule has 2 aromatic carbocycles. The fourth-order valence-electron chi connectivity index (χ4n) is 3.99. The van der Waals surface area contributed by atoms with E-state index in [1.54, 1.807) is 0 Å². The van der Waals surface area contributed by atoms with Crippen molar-refractivity contribution in [3.8, 4) is 23.0 Å². The molecule has 4 heteroatoms. The van der Waals surface area contributed by atoms with Crippen molar-refractivity contribution in [2.24, 2.45) is 0 Å². The van der Waals surface area contributed by atoms with Crippen LogP contribution in [0, 0.1) is 0 Å². The molecule has 3 aliphatic rings. The molecule has 2 heterocycles. The average Bonchev–Trinajstić information content (AvgIpc) is 2.99. The summed E-state index contributed by atoms with van der Waals surface area (Å²) in [5.41, 5.74) is 1.18. The standard InChI is InChI=1S/C21H22O4/c1-4-10-21(11-5-1)24-19-9-8-15(13-20(19)25-21)12-16-14-22-17-6-2-3-7-18(17)23-16/h2-3,6-9,13,16H,1,4-5,10-12,14H2. The van der Waals surface area contributed by atoms with Gasteiger partial charge in [-0.15, -0.1) is 0 Å². The molecule has 1 atom stereocenters. The van der Waals surface area contributed by atoms with E-state index in [2.05, 4.69) is 12.1 Å². The molecule has 1 fully saturated rings. The zero-order chi connectivity index (χ0) is 16.7. The summed E-state index contributed by atoms with van der Waals surface area (Å²) in [6.45, 7) is 0.565. The van der Waals surface area contributed by atoms with Crippen LogP contribution in [0.4, 0.5) is 0 Å². The smallest absolute Gasteiger partial charge is 0.251 e. The summed E-state index contributed by atoms with van der Waals surface area (Å²) >= 11 is 0. The molecule has 1 unspecified atom stereocenters.